The molecular formula is C22H33F3N6O6Si. The third-order valence-electron chi connectivity index (χ3n) is 6.79. The molecular weight excluding hydrogens is 529 g/mol. The topological polar surface area (TPSA) is 160 Å². The summed E-state index contributed by atoms with van der Waals surface area (Å²) in [5, 5.41) is 14.0. The number of nitrogens with zero attached hydrogens (tertiary/aromatic N) is 3. The lowest BCUT2D eigenvalue weighted by molar-refractivity contribution is -0.175. The molecule has 0 aliphatic carbocycles. The van der Waals surface area contributed by atoms with Gasteiger partial charge in [0.15, 0.2) is 25.7 Å². The zero-order chi connectivity index (χ0) is 28.8. The summed E-state index contributed by atoms with van der Waals surface area (Å²) in [7, 11) is -2.70. The van der Waals surface area contributed by atoms with Gasteiger partial charge in [-0.15, -0.1) is 0 Å². The minimum absolute atomic E-state index is 0.0406. The molecule has 0 bridgehead atoms. The quantitative estimate of drug-likeness (QED) is 0.373. The molecule has 12 nitrogen and oxygen atoms in total. The molecule has 0 radical (unpaired) electrons. The number of hydrogen-bond donors (Lipinski definition) is 4. The van der Waals surface area contributed by atoms with Gasteiger partial charge in [-0.2, -0.15) is 18.2 Å². The molecule has 16 heteroatoms. The van der Waals surface area contributed by atoms with E-state index in [1.807, 2.05) is 39.2 Å². The van der Waals surface area contributed by atoms with Crippen LogP contribution in [0.2, 0.25) is 18.1 Å². The molecule has 4 atom stereocenters. The van der Waals surface area contributed by atoms with Crippen molar-refractivity contribution in [3.05, 3.63) is 16.7 Å². The van der Waals surface area contributed by atoms with Crippen LogP contribution < -0.4 is 16.2 Å². The maximum Gasteiger partial charge on any atom is 0.471 e. The van der Waals surface area contributed by atoms with Crippen LogP contribution in [-0.4, -0.2) is 75.8 Å². The van der Waals surface area contributed by atoms with Gasteiger partial charge in [0.25, 0.3) is 5.56 Å². The van der Waals surface area contributed by atoms with Gasteiger partial charge in [-0.1, -0.05) is 34.6 Å². The first kappa shape index (κ1) is 29.7. The van der Waals surface area contributed by atoms with Crippen LogP contribution in [0.3, 0.4) is 0 Å². The van der Waals surface area contributed by atoms with Gasteiger partial charge in [-0.25, -0.2) is 4.98 Å². The first-order chi connectivity index (χ1) is 17.4. The summed E-state index contributed by atoms with van der Waals surface area (Å²) in [6, 6.07) is -1.40. The lowest BCUT2D eigenvalue weighted by Crippen LogP contribution is -2.56. The number of ether oxygens (including phenoxy) is 1. The molecule has 0 spiro atoms. The van der Waals surface area contributed by atoms with Crippen molar-refractivity contribution in [3.63, 3.8) is 0 Å². The number of carbonyl (C=O) groups is 2. The van der Waals surface area contributed by atoms with Crippen LogP contribution in [0.4, 0.5) is 19.1 Å². The maximum absolute atomic E-state index is 13.2. The van der Waals surface area contributed by atoms with Gasteiger partial charge in [0.2, 0.25) is 11.9 Å². The van der Waals surface area contributed by atoms with Gasteiger partial charge in [0, 0.05) is 5.92 Å². The van der Waals surface area contributed by atoms with Gasteiger partial charge < -0.3 is 19.6 Å². The van der Waals surface area contributed by atoms with Crippen LogP contribution in [0.5, 0.6) is 0 Å². The highest BCUT2D eigenvalue weighted by Crippen LogP contribution is 2.42. The van der Waals surface area contributed by atoms with E-state index in [0.29, 0.717) is 0 Å². The van der Waals surface area contributed by atoms with Gasteiger partial charge in [-0.05, 0) is 18.1 Å². The summed E-state index contributed by atoms with van der Waals surface area (Å²) in [5.41, 5.74) is -0.833. The molecule has 1 saturated heterocycles. The average molecular weight is 563 g/mol. The lowest BCUT2D eigenvalue weighted by atomic mass is 10.1. The van der Waals surface area contributed by atoms with Gasteiger partial charge in [-0.3, -0.25) is 29.3 Å². The Labute approximate surface area is 217 Å². The summed E-state index contributed by atoms with van der Waals surface area (Å²) in [6.07, 6.45) is -7.70. The Bertz CT molecular complexity index is 1250. The number of fused-ring (bicyclic) bond motifs is 1. The molecule has 4 N–H and O–H groups in total. The Hall–Kier alpha value is -2.82. The maximum atomic E-state index is 13.2. The summed E-state index contributed by atoms with van der Waals surface area (Å²) < 4.78 is 53.2. The molecule has 2 aromatic heterocycles. The number of anilines is 1. The molecule has 1 fully saturated rings. The first-order valence-corrected chi connectivity index (χ1v) is 14.9. The van der Waals surface area contributed by atoms with E-state index < -0.39 is 68.9 Å². The van der Waals surface area contributed by atoms with Crippen LogP contribution in [0.25, 0.3) is 11.2 Å². The highest BCUT2D eigenvalue weighted by Gasteiger charge is 2.53. The molecule has 2 aromatic rings. The average Bonchev–Trinajstić information content (AvgIpc) is 3.33. The minimum Gasteiger partial charge on any atom is -0.407 e. The summed E-state index contributed by atoms with van der Waals surface area (Å²) >= 11 is 0. The molecule has 38 heavy (non-hydrogen) atoms. The van der Waals surface area contributed by atoms with Crippen molar-refractivity contribution >= 4 is 37.2 Å². The van der Waals surface area contributed by atoms with E-state index in [2.05, 4.69) is 20.3 Å². The second-order valence-electron chi connectivity index (χ2n) is 11.0. The summed E-state index contributed by atoms with van der Waals surface area (Å²) in [5.74, 6) is -3.20. The molecule has 0 unspecified atom stereocenters. The monoisotopic (exact) mass is 562 g/mol. The van der Waals surface area contributed by atoms with Crippen LogP contribution in [0, 0.1) is 5.92 Å². The number of aromatic amines is 1. The smallest absolute Gasteiger partial charge is 0.407 e. The first-order valence-electron chi connectivity index (χ1n) is 12.0. The predicted molar refractivity (Wildman–Crippen MR) is 133 cm³/mol. The van der Waals surface area contributed by atoms with Crippen LogP contribution in [0.1, 0.15) is 40.8 Å². The second kappa shape index (κ2) is 10.4. The van der Waals surface area contributed by atoms with Crippen molar-refractivity contribution in [1.82, 2.24) is 24.8 Å². The number of aliphatic hydroxyl groups is 1. The van der Waals surface area contributed by atoms with Crippen LogP contribution >= 0.6 is 0 Å². The fourth-order valence-corrected chi connectivity index (χ4v) is 4.90. The zero-order valence-corrected chi connectivity index (χ0v) is 23.1. The Morgan fingerprint density at radius 2 is 1.92 bits per heavy atom. The number of halogens is 3. The van der Waals surface area contributed by atoms with E-state index in [1.165, 1.54) is 10.9 Å². The van der Waals surface area contributed by atoms with E-state index in [0.717, 1.165) is 0 Å². The number of imidazole rings is 1. The van der Waals surface area contributed by atoms with E-state index in [1.54, 1.807) is 13.8 Å². The Kier molecular flexibility index (Phi) is 8.13. The summed E-state index contributed by atoms with van der Waals surface area (Å²) in [4.78, 5) is 47.5. The largest absolute Gasteiger partial charge is 0.471 e. The van der Waals surface area contributed by atoms with Crippen LogP contribution in [0.15, 0.2) is 11.1 Å². The lowest BCUT2D eigenvalue weighted by Gasteiger charge is -2.40. The van der Waals surface area contributed by atoms with E-state index >= 15 is 0 Å². The van der Waals surface area contributed by atoms with Crippen molar-refractivity contribution in [2.45, 2.75) is 83.4 Å². The molecule has 0 aromatic carbocycles. The standard InChI is InChI=1S/C22H33F3N6O6Si/c1-10(2)16(33)29-20-28-15-13(17(34)30-20)26-9-31(15)18-14(37-38(6,7)21(3,4)5)12(11(8-32)36-18)27-19(35)22(23,24)25/h9-12,14,18,32H,8H2,1-7H3,(H,27,35)(H2,28,29,30,33,34)/t11-,12-,14+,18-/m1/s1. The molecule has 1 aliphatic rings. The number of rotatable bonds is 7. The van der Waals surface area contributed by atoms with Crippen molar-refractivity contribution < 1.29 is 37.0 Å². The van der Waals surface area contributed by atoms with E-state index in [4.69, 9.17) is 9.16 Å². The van der Waals surface area contributed by atoms with Gasteiger partial charge >= 0.3 is 12.1 Å². The second-order valence-corrected chi connectivity index (χ2v) is 15.7. The Morgan fingerprint density at radius 3 is 2.45 bits per heavy atom. The number of amides is 2. The van der Waals surface area contributed by atoms with Crippen molar-refractivity contribution in [1.29, 1.82) is 0 Å². The predicted octanol–water partition coefficient (Wildman–Crippen LogP) is 2.04. The third-order valence-corrected chi connectivity index (χ3v) is 11.3. The Morgan fingerprint density at radius 1 is 1.29 bits per heavy atom. The van der Waals surface area contributed by atoms with Crippen molar-refractivity contribution in [3.8, 4) is 0 Å². The highest BCUT2D eigenvalue weighted by molar-refractivity contribution is 6.74. The number of aliphatic hydroxyl groups excluding tert-OH is 1. The Balaban J connectivity index is 2.13. The zero-order valence-electron chi connectivity index (χ0n) is 22.1. The molecule has 2 amide bonds. The number of aromatic nitrogens is 4. The van der Waals surface area contributed by atoms with E-state index in [9.17, 15) is 32.7 Å². The number of carbonyl (C=O) groups excluding carboxylic acids is 2. The minimum atomic E-state index is -5.18. The van der Waals surface area contributed by atoms with Crippen LogP contribution in [-0.2, 0) is 18.8 Å². The van der Waals surface area contributed by atoms with Crippen molar-refractivity contribution in [2.75, 3.05) is 11.9 Å². The fraction of sp³-hybridized carbons (Fsp3) is 0.682. The molecule has 3 rings (SSSR count). The fourth-order valence-electron chi connectivity index (χ4n) is 3.60. The number of nitrogens with one attached hydrogen (secondary N) is 3. The van der Waals surface area contributed by atoms with E-state index in [-0.39, 0.29) is 22.2 Å². The van der Waals surface area contributed by atoms with Gasteiger partial charge in [0.05, 0.1) is 19.0 Å². The summed E-state index contributed by atoms with van der Waals surface area (Å²) in [6.45, 7) is 12.1. The molecule has 1 aliphatic heterocycles. The van der Waals surface area contributed by atoms with Gasteiger partial charge in [0.1, 0.15) is 12.2 Å². The number of hydrogen-bond acceptors (Lipinski definition) is 8. The third kappa shape index (κ3) is 5.92. The van der Waals surface area contributed by atoms with Crippen molar-refractivity contribution in [2.24, 2.45) is 5.92 Å². The molecule has 0 saturated carbocycles. The normalized spacial score (nSPS) is 22.7. The number of alkyl halides is 3. The SMILES string of the molecule is CC(C)C(=O)Nc1nc2c(ncn2[C@@H]2O[C@H](CO)[C@@H](NC(=O)C(F)(F)F)[C@@H]2O[Si](C)(C)C(C)(C)C)c(=O)[nH]1. The molecule has 212 valence electrons. The highest BCUT2D eigenvalue weighted by atomic mass is 28.4. The molecule has 3 heterocycles. The number of H-pyrrole nitrogens is 1.